The molecule has 2 rings (SSSR count). The van der Waals surface area contributed by atoms with Crippen LogP contribution in [0.15, 0.2) is 12.7 Å². The predicted octanol–water partition coefficient (Wildman–Crippen LogP) is 1.17. The Kier molecular flexibility index (Phi) is 2.08. The highest BCUT2D eigenvalue weighted by molar-refractivity contribution is 5.81. The fourth-order valence-corrected chi connectivity index (χ4v) is 1.14. The summed E-state index contributed by atoms with van der Waals surface area (Å²) in [6, 6.07) is 0. The van der Waals surface area contributed by atoms with Crippen molar-refractivity contribution < 1.29 is 0 Å². The van der Waals surface area contributed by atoms with Crippen LogP contribution in [-0.2, 0) is 0 Å². The van der Waals surface area contributed by atoms with Crippen LogP contribution in [-0.4, -0.2) is 26.5 Å². The number of hydrogen-bond donors (Lipinski definition) is 2. The maximum absolute atomic E-state index is 4.13. The average Bonchev–Trinajstić information content (AvgIpc) is 2.62. The van der Waals surface area contributed by atoms with Crippen LogP contribution in [0.5, 0.6) is 0 Å². The van der Waals surface area contributed by atoms with Gasteiger partial charge in [0.2, 0.25) is 0 Å². The Bertz CT molecular complexity index is 394. The molecule has 0 aliphatic rings. The molecule has 5 nitrogen and oxygen atoms in total. The van der Waals surface area contributed by atoms with Crippen molar-refractivity contribution in [1.82, 2.24) is 19.9 Å². The van der Waals surface area contributed by atoms with Gasteiger partial charge < -0.3 is 10.3 Å². The van der Waals surface area contributed by atoms with Crippen LogP contribution in [0, 0.1) is 0 Å². The van der Waals surface area contributed by atoms with Gasteiger partial charge in [-0.1, -0.05) is 6.92 Å². The molecule has 2 aromatic rings. The third kappa shape index (κ3) is 1.44. The van der Waals surface area contributed by atoms with Crippen molar-refractivity contribution in [2.75, 3.05) is 11.9 Å². The smallest absolute Gasteiger partial charge is 0.162 e. The van der Waals surface area contributed by atoms with Crippen molar-refractivity contribution in [3.05, 3.63) is 12.7 Å². The zero-order valence-electron chi connectivity index (χ0n) is 7.41. The second-order valence-electron chi connectivity index (χ2n) is 2.75. The van der Waals surface area contributed by atoms with E-state index >= 15 is 0 Å². The zero-order chi connectivity index (χ0) is 9.10. The van der Waals surface area contributed by atoms with Crippen molar-refractivity contribution in [2.45, 2.75) is 13.3 Å². The largest absolute Gasteiger partial charge is 0.368 e. The van der Waals surface area contributed by atoms with Gasteiger partial charge in [-0.2, -0.15) is 0 Å². The number of fused-ring (bicyclic) bond motifs is 1. The number of imidazole rings is 1. The summed E-state index contributed by atoms with van der Waals surface area (Å²) in [6.45, 7) is 3.01. The van der Waals surface area contributed by atoms with Gasteiger partial charge in [0.15, 0.2) is 11.5 Å². The van der Waals surface area contributed by atoms with Gasteiger partial charge in [0.1, 0.15) is 11.8 Å². The lowest BCUT2D eigenvalue weighted by Crippen LogP contribution is -2.02. The third-order valence-corrected chi connectivity index (χ3v) is 1.76. The molecule has 0 saturated heterocycles. The third-order valence-electron chi connectivity index (χ3n) is 1.76. The Balaban J connectivity index is 2.37. The van der Waals surface area contributed by atoms with Gasteiger partial charge in [0.25, 0.3) is 0 Å². The van der Waals surface area contributed by atoms with Crippen LogP contribution < -0.4 is 5.32 Å². The monoisotopic (exact) mass is 177 g/mol. The molecule has 13 heavy (non-hydrogen) atoms. The van der Waals surface area contributed by atoms with E-state index in [1.54, 1.807) is 6.33 Å². The predicted molar refractivity (Wildman–Crippen MR) is 50.5 cm³/mol. The molecule has 0 fully saturated rings. The molecule has 0 amide bonds. The first-order chi connectivity index (χ1) is 6.42. The number of hydrogen-bond acceptors (Lipinski definition) is 4. The van der Waals surface area contributed by atoms with E-state index in [4.69, 9.17) is 0 Å². The summed E-state index contributed by atoms with van der Waals surface area (Å²) in [7, 11) is 0. The summed E-state index contributed by atoms with van der Waals surface area (Å²) in [5, 5.41) is 3.19. The Morgan fingerprint density at radius 2 is 2.31 bits per heavy atom. The molecule has 0 saturated carbocycles. The molecule has 2 aromatic heterocycles. The van der Waals surface area contributed by atoms with Crippen molar-refractivity contribution in [2.24, 2.45) is 0 Å². The minimum Gasteiger partial charge on any atom is -0.368 e. The SMILES string of the molecule is CCCNc1ncnc2[nH]cnc12. The number of aromatic amines is 1. The molecular weight excluding hydrogens is 166 g/mol. The molecule has 0 spiro atoms. The van der Waals surface area contributed by atoms with Crippen molar-refractivity contribution in [3.63, 3.8) is 0 Å². The summed E-state index contributed by atoms with van der Waals surface area (Å²) >= 11 is 0. The van der Waals surface area contributed by atoms with Crippen LogP contribution in [0.25, 0.3) is 11.2 Å². The molecule has 2 heterocycles. The average molecular weight is 177 g/mol. The lowest BCUT2D eigenvalue weighted by atomic mass is 10.4. The number of nitrogens with zero attached hydrogens (tertiary/aromatic N) is 3. The highest BCUT2D eigenvalue weighted by atomic mass is 15.1. The van der Waals surface area contributed by atoms with E-state index in [0.717, 1.165) is 29.9 Å². The summed E-state index contributed by atoms with van der Waals surface area (Å²) in [5.41, 5.74) is 1.57. The van der Waals surface area contributed by atoms with E-state index in [0.29, 0.717) is 0 Å². The van der Waals surface area contributed by atoms with Crippen LogP contribution in [0.1, 0.15) is 13.3 Å². The first kappa shape index (κ1) is 7.97. The van der Waals surface area contributed by atoms with Crippen LogP contribution in [0.3, 0.4) is 0 Å². The van der Waals surface area contributed by atoms with Gasteiger partial charge in [-0.15, -0.1) is 0 Å². The molecule has 0 unspecified atom stereocenters. The van der Waals surface area contributed by atoms with Crippen molar-refractivity contribution in [1.29, 1.82) is 0 Å². The first-order valence-electron chi connectivity index (χ1n) is 4.29. The number of anilines is 1. The topological polar surface area (TPSA) is 66.5 Å². The van der Waals surface area contributed by atoms with Gasteiger partial charge >= 0.3 is 0 Å². The maximum atomic E-state index is 4.13. The number of rotatable bonds is 3. The second kappa shape index (κ2) is 3.38. The standard InChI is InChI=1S/C8H11N5/c1-2-3-9-7-6-8(11-4-10-6)13-5-12-7/h4-5H,2-3H2,1H3,(H2,9,10,11,12,13). The Hall–Kier alpha value is -1.65. The van der Waals surface area contributed by atoms with E-state index < -0.39 is 0 Å². The highest BCUT2D eigenvalue weighted by Crippen LogP contribution is 2.13. The van der Waals surface area contributed by atoms with Gasteiger partial charge in [-0.3, -0.25) is 0 Å². The van der Waals surface area contributed by atoms with Crippen molar-refractivity contribution in [3.8, 4) is 0 Å². The maximum Gasteiger partial charge on any atom is 0.162 e. The zero-order valence-corrected chi connectivity index (χ0v) is 7.41. The fourth-order valence-electron chi connectivity index (χ4n) is 1.14. The molecule has 0 radical (unpaired) electrons. The lowest BCUT2D eigenvalue weighted by Gasteiger charge is -2.02. The van der Waals surface area contributed by atoms with E-state index in [1.807, 2.05) is 0 Å². The first-order valence-corrected chi connectivity index (χ1v) is 4.29. The summed E-state index contributed by atoms with van der Waals surface area (Å²) in [6.07, 6.45) is 4.21. The van der Waals surface area contributed by atoms with E-state index in [2.05, 4.69) is 32.2 Å². The van der Waals surface area contributed by atoms with Crippen LogP contribution >= 0.6 is 0 Å². The number of H-pyrrole nitrogens is 1. The van der Waals surface area contributed by atoms with Gasteiger partial charge in [0, 0.05) is 6.54 Å². The minimum absolute atomic E-state index is 0.772. The van der Waals surface area contributed by atoms with Crippen molar-refractivity contribution >= 4 is 17.0 Å². The Morgan fingerprint density at radius 3 is 3.15 bits per heavy atom. The van der Waals surface area contributed by atoms with E-state index in [1.165, 1.54) is 6.33 Å². The second-order valence-corrected chi connectivity index (χ2v) is 2.75. The minimum atomic E-state index is 0.772. The molecular formula is C8H11N5. The Labute approximate surface area is 75.6 Å². The van der Waals surface area contributed by atoms with Crippen LogP contribution in [0.2, 0.25) is 0 Å². The van der Waals surface area contributed by atoms with Gasteiger partial charge in [-0.25, -0.2) is 15.0 Å². The summed E-state index contributed by atoms with van der Waals surface area (Å²) in [4.78, 5) is 15.2. The van der Waals surface area contributed by atoms with E-state index in [9.17, 15) is 0 Å². The molecule has 0 aliphatic carbocycles. The molecule has 0 atom stereocenters. The fraction of sp³-hybridized carbons (Fsp3) is 0.375. The number of nitrogens with one attached hydrogen (secondary N) is 2. The molecule has 0 aromatic carbocycles. The van der Waals surface area contributed by atoms with E-state index in [-0.39, 0.29) is 0 Å². The Morgan fingerprint density at radius 1 is 1.38 bits per heavy atom. The quantitative estimate of drug-likeness (QED) is 0.738. The highest BCUT2D eigenvalue weighted by Gasteiger charge is 2.03. The van der Waals surface area contributed by atoms with Gasteiger partial charge in [0.05, 0.1) is 6.33 Å². The van der Waals surface area contributed by atoms with Gasteiger partial charge in [-0.05, 0) is 6.42 Å². The lowest BCUT2D eigenvalue weighted by molar-refractivity contribution is 0.968. The summed E-state index contributed by atoms with van der Waals surface area (Å²) < 4.78 is 0. The van der Waals surface area contributed by atoms with Crippen LogP contribution in [0.4, 0.5) is 5.82 Å². The molecule has 0 aliphatic heterocycles. The molecule has 0 bridgehead atoms. The molecule has 5 heteroatoms. The molecule has 2 N–H and O–H groups in total. The normalized spacial score (nSPS) is 10.5. The summed E-state index contributed by atoms with van der Waals surface area (Å²) in [5.74, 6) is 0.799. The number of aromatic nitrogens is 4. The molecule has 68 valence electrons.